The fourth-order valence-electron chi connectivity index (χ4n) is 2.99. The van der Waals surface area contributed by atoms with E-state index in [-0.39, 0.29) is 11.7 Å². The lowest BCUT2D eigenvalue weighted by molar-refractivity contribution is 0.0713. The van der Waals surface area contributed by atoms with Crippen molar-refractivity contribution >= 4 is 27.7 Å². The maximum Gasteiger partial charge on any atom is 0.289 e. The van der Waals surface area contributed by atoms with Crippen LogP contribution in [-0.2, 0) is 0 Å². The molecule has 2 aromatic heterocycles. The van der Waals surface area contributed by atoms with Gasteiger partial charge in [-0.05, 0) is 64.5 Å². The van der Waals surface area contributed by atoms with E-state index < -0.39 is 0 Å². The third kappa shape index (κ3) is 3.85. The molecule has 0 bridgehead atoms. The zero-order valence-electron chi connectivity index (χ0n) is 14.3. The summed E-state index contributed by atoms with van der Waals surface area (Å²) in [6, 6.07) is 13.3. The Morgan fingerprint density at radius 2 is 1.70 bits per heavy atom. The van der Waals surface area contributed by atoms with Crippen LogP contribution in [0.3, 0.4) is 0 Å². The van der Waals surface area contributed by atoms with E-state index in [9.17, 15) is 9.18 Å². The minimum Gasteiger partial charge on any atom is -0.444 e. The quantitative estimate of drug-likeness (QED) is 0.634. The number of carbonyl (C=O) groups excluding carboxylic acids is 1. The third-order valence-electron chi connectivity index (χ3n) is 4.47. The van der Waals surface area contributed by atoms with Crippen LogP contribution < -0.4 is 4.90 Å². The monoisotopic (exact) mass is 430 g/mol. The number of rotatable bonds is 3. The van der Waals surface area contributed by atoms with Gasteiger partial charge in [-0.25, -0.2) is 4.39 Å². The number of furan rings is 1. The minimum atomic E-state index is -0.280. The van der Waals surface area contributed by atoms with Gasteiger partial charge in [0.15, 0.2) is 16.2 Å². The molecule has 27 heavy (non-hydrogen) atoms. The highest BCUT2D eigenvalue weighted by Crippen LogP contribution is 2.21. The average molecular weight is 431 g/mol. The van der Waals surface area contributed by atoms with Gasteiger partial charge < -0.3 is 14.2 Å². The Hall–Kier alpha value is -2.74. The standard InChI is InChI=1S/C19H16BrFN4O2/c20-17-7-6-16(27-17)19(26)25-11-9-24(10-12-25)18-8-5-15(22-23-18)13-1-3-14(21)4-2-13/h1-8H,9-12H2. The van der Waals surface area contributed by atoms with Crippen molar-refractivity contribution in [2.24, 2.45) is 0 Å². The number of nitrogens with zero attached hydrogens (tertiary/aromatic N) is 4. The van der Waals surface area contributed by atoms with Crippen LogP contribution in [0.15, 0.2) is 57.6 Å². The van der Waals surface area contributed by atoms with Crippen molar-refractivity contribution in [2.75, 3.05) is 31.1 Å². The van der Waals surface area contributed by atoms with Gasteiger partial charge in [0.05, 0.1) is 5.69 Å². The number of carbonyl (C=O) groups is 1. The van der Waals surface area contributed by atoms with Crippen LogP contribution in [0.5, 0.6) is 0 Å². The molecule has 0 atom stereocenters. The molecule has 6 nitrogen and oxygen atoms in total. The Morgan fingerprint density at radius 3 is 2.30 bits per heavy atom. The average Bonchev–Trinajstić information content (AvgIpc) is 3.15. The summed E-state index contributed by atoms with van der Waals surface area (Å²) < 4.78 is 18.9. The van der Waals surface area contributed by atoms with Gasteiger partial charge in [0.25, 0.3) is 5.91 Å². The van der Waals surface area contributed by atoms with Crippen molar-refractivity contribution in [3.05, 3.63) is 64.8 Å². The van der Waals surface area contributed by atoms with E-state index in [2.05, 4.69) is 31.0 Å². The molecule has 4 rings (SSSR count). The molecule has 3 aromatic rings. The molecule has 1 aromatic carbocycles. The fourth-order valence-corrected chi connectivity index (χ4v) is 3.30. The smallest absolute Gasteiger partial charge is 0.289 e. The highest BCUT2D eigenvalue weighted by atomic mass is 79.9. The van der Waals surface area contributed by atoms with Crippen LogP contribution in [0, 0.1) is 5.82 Å². The summed E-state index contributed by atoms with van der Waals surface area (Å²) in [6.07, 6.45) is 0. The SMILES string of the molecule is O=C(c1ccc(Br)o1)N1CCN(c2ccc(-c3ccc(F)cc3)nn2)CC1. The number of hydrogen-bond donors (Lipinski definition) is 0. The van der Waals surface area contributed by atoms with Crippen molar-refractivity contribution < 1.29 is 13.6 Å². The molecular weight excluding hydrogens is 415 g/mol. The highest BCUT2D eigenvalue weighted by molar-refractivity contribution is 9.10. The van der Waals surface area contributed by atoms with Crippen LogP contribution in [0.2, 0.25) is 0 Å². The molecule has 138 valence electrons. The lowest BCUT2D eigenvalue weighted by Gasteiger charge is -2.34. The summed E-state index contributed by atoms with van der Waals surface area (Å²) in [7, 11) is 0. The molecule has 1 aliphatic rings. The van der Waals surface area contributed by atoms with Gasteiger partial charge in [-0.1, -0.05) is 0 Å². The van der Waals surface area contributed by atoms with Gasteiger partial charge in [-0.15, -0.1) is 10.2 Å². The fraction of sp³-hybridized carbons (Fsp3) is 0.211. The maximum atomic E-state index is 13.0. The number of benzene rings is 1. The number of piperazine rings is 1. The zero-order chi connectivity index (χ0) is 18.8. The predicted octanol–water partition coefficient (Wildman–Crippen LogP) is 3.60. The summed E-state index contributed by atoms with van der Waals surface area (Å²) in [5, 5.41) is 8.53. The highest BCUT2D eigenvalue weighted by Gasteiger charge is 2.25. The number of anilines is 1. The molecule has 1 saturated heterocycles. The minimum absolute atomic E-state index is 0.113. The Labute approximate surface area is 163 Å². The summed E-state index contributed by atoms with van der Waals surface area (Å²) >= 11 is 3.21. The Bertz CT molecular complexity index is 935. The van der Waals surface area contributed by atoms with Gasteiger partial charge >= 0.3 is 0 Å². The van der Waals surface area contributed by atoms with Gasteiger partial charge in [0.1, 0.15) is 5.82 Å². The number of hydrogen-bond acceptors (Lipinski definition) is 5. The molecule has 0 saturated carbocycles. The molecule has 3 heterocycles. The van der Waals surface area contributed by atoms with E-state index in [1.807, 2.05) is 12.1 Å². The van der Waals surface area contributed by atoms with Crippen LogP contribution in [0.25, 0.3) is 11.3 Å². The first kappa shape index (κ1) is 17.7. The zero-order valence-corrected chi connectivity index (χ0v) is 15.9. The van der Waals surface area contributed by atoms with Gasteiger partial charge in [-0.3, -0.25) is 4.79 Å². The summed E-state index contributed by atoms with van der Waals surface area (Å²) in [6.45, 7) is 2.49. The molecule has 0 aliphatic carbocycles. The maximum absolute atomic E-state index is 13.0. The van der Waals surface area contributed by atoms with Crippen molar-refractivity contribution in [2.45, 2.75) is 0 Å². The Kier molecular flexibility index (Phi) is 4.89. The Morgan fingerprint density at radius 1 is 0.963 bits per heavy atom. The second-order valence-corrected chi connectivity index (χ2v) is 6.95. The molecular formula is C19H16BrFN4O2. The molecule has 0 radical (unpaired) electrons. The largest absolute Gasteiger partial charge is 0.444 e. The van der Waals surface area contributed by atoms with Gasteiger partial charge in [0.2, 0.25) is 0 Å². The molecule has 1 fully saturated rings. The molecule has 1 amide bonds. The summed E-state index contributed by atoms with van der Waals surface area (Å²) in [4.78, 5) is 16.3. The van der Waals surface area contributed by atoms with E-state index >= 15 is 0 Å². The van der Waals surface area contributed by atoms with E-state index in [0.717, 1.165) is 11.4 Å². The van der Waals surface area contributed by atoms with Gasteiger partial charge in [-0.2, -0.15) is 0 Å². The normalized spacial score (nSPS) is 14.4. The first-order valence-corrected chi connectivity index (χ1v) is 9.29. The summed E-state index contributed by atoms with van der Waals surface area (Å²) in [5.74, 6) is 0.697. The molecule has 8 heteroatoms. The van der Waals surface area contributed by atoms with Crippen LogP contribution in [0.4, 0.5) is 10.2 Å². The number of halogens is 2. The topological polar surface area (TPSA) is 62.5 Å². The van der Waals surface area contributed by atoms with Crippen molar-refractivity contribution in [3.8, 4) is 11.3 Å². The van der Waals surface area contributed by atoms with Crippen LogP contribution >= 0.6 is 15.9 Å². The van der Waals surface area contributed by atoms with E-state index in [0.29, 0.717) is 42.3 Å². The van der Waals surface area contributed by atoms with Gasteiger partial charge in [0, 0.05) is 31.7 Å². The first-order valence-electron chi connectivity index (χ1n) is 8.49. The second kappa shape index (κ2) is 7.48. The first-order chi connectivity index (χ1) is 13.1. The Balaban J connectivity index is 1.39. The molecule has 0 N–H and O–H groups in total. The van der Waals surface area contributed by atoms with Crippen LogP contribution in [-0.4, -0.2) is 47.2 Å². The van der Waals surface area contributed by atoms with Crippen molar-refractivity contribution in [3.63, 3.8) is 0 Å². The third-order valence-corrected chi connectivity index (χ3v) is 4.89. The molecule has 0 unspecified atom stereocenters. The number of amides is 1. The lowest BCUT2D eigenvalue weighted by Crippen LogP contribution is -2.49. The molecule has 1 aliphatic heterocycles. The lowest BCUT2D eigenvalue weighted by atomic mass is 10.1. The summed E-state index contributed by atoms with van der Waals surface area (Å²) in [5.41, 5.74) is 1.51. The molecule has 0 spiro atoms. The van der Waals surface area contributed by atoms with E-state index in [4.69, 9.17) is 4.42 Å². The van der Waals surface area contributed by atoms with Crippen LogP contribution in [0.1, 0.15) is 10.6 Å². The van der Waals surface area contributed by atoms with E-state index in [1.54, 1.807) is 29.2 Å². The van der Waals surface area contributed by atoms with Crippen molar-refractivity contribution in [1.29, 1.82) is 0 Å². The second-order valence-electron chi connectivity index (χ2n) is 6.17. The van der Waals surface area contributed by atoms with Crippen molar-refractivity contribution in [1.82, 2.24) is 15.1 Å². The van der Waals surface area contributed by atoms with E-state index in [1.165, 1.54) is 12.1 Å². The predicted molar refractivity (Wildman–Crippen MR) is 102 cm³/mol. The number of aromatic nitrogens is 2.